The van der Waals surface area contributed by atoms with Crippen molar-refractivity contribution < 1.29 is 0 Å². The highest BCUT2D eigenvalue weighted by Crippen LogP contribution is 2.13. The van der Waals surface area contributed by atoms with Gasteiger partial charge in [-0.05, 0) is 19.4 Å². The predicted octanol–water partition coefficient (Wildman–Crippen LogP) is 1.58. The number of benzene rings is 1. The number of fused-ring (bicyclic) bond motifs is 1. The Morgan fingerprint density at radius 3 is 2.63 bits per heavy atom. The summed E-state index contributed by atoms with van der Waals surface area (Å²) >= 11 is 0. The van der Waals surface area contributed by atoms with Gasteiger partial charge in [0.05, 0.1) is 11.3 Å². The monoisotopic (exact) mass is 255 g/mol. The van der Waals surface area contributed by atoms with Crippen LogP contribution in [0.5, 0.6) is 0 Å². The summed E-state index contributed by atoms with van der Waals surface area (Å²) in [5, 5.41) is 3.16. The molecule has 1 aliphatic heterocycles. The molecule has 1 aromatic carbocycles. The van der Waals surface area contributed by atoms with Crippen molar-refractivity contribution in [2.24, 2.45) is 0 Å². The van der Waals surface area contributed by atoms with Crippen LogP contribution < -0.4 is 10.9 Å². The molecule has 3 rings (SSSR count). The number of aryl methyl sites for hydroxylation is 2. The summed E-state index contributed by atoms with van der Waals surface area (Å²) in [6.07, 6.45) is 0.672. The number of H-pyrrole nitrogens is 1. The van der Waals surface area contributed by atoms with Crippen molar-refractivity contribution in [2.75, 3.05) is 0 Å². The van der Waals surface area contributed by atoms with Crippen molar-refractivity contribution in [3.8, 4) is 0 Å². The van der Waals surface area contributed by atoms with E-state index in [2.05, 4.69) is 47.3 Å². The number of nitrogens with zero attached hydrogens (tertiary/aromatic N) is 1. The summed E-state index contributed by atoms with van der Waals surface area (Å²) in [6, 6.07) is 6.42. The Balaban J connectivity index is 1.95. The number of nitrogens with one attached hydrogen (secondary N) is 2. The van der Waals surface area contributed by atoms with Gasteiger partial charge in [-0.25, -0.2) is 4.98 Å². The van der Waals surface area contributed by atoms with E-state index < -0.39 is 0 Å². The van der Waals surface area contributed by atoms with Gasteiger partial charge < -0.3 is 10.3 Å². The number of aromatic amines is 1. The molecule has 0 aliphatic carbocycles. The first kappa shape index (κ1) is 12.1. The van der Waals surface area contributed by atoms with Crippen LogP contribution >= 0.6 is 0 Å². The molecule has 0 radical (unpaired) electrons. The van der Waals surface area contributed by atoms with Gasteiger partial charge in [0, 0.05) is 19.5 Å². The summed E-state index contributed by atoms with van der Waals surface area (Å²) in [5.41, 5.74) is 5.33. The van der Waals surface area contributed by atoms with E-state index >= 15 is 0 Å². The summed E-state index contributed by atoms with van der Waals surface area (Å²) in [4.78, 5) is 19.4. The van der Waals surface area contributed by atoms with Gasteiger partial charge in [-0.1, -0.05) is 29.3 Å². The van der Waals surface area contributed by atoms with Crippen LogP contribution in [0.25, 0.3) is 0 Å². The van der Waals surface area contributed by atoms with Crippen LogP contribution in [0.1, 0.15) is 33.8 Å². The van der Waals surface area contributed by atoms with Gasteiger partial charge in [0.25, 0.3) is 5.56 Å². The third kappa shape index (κ3) is 2.44. The first-order chi connectivity index (χ1) is 9.11. The normalized spacial score (nSPS) is 13.6. The van der Waals surface area contributed by atoms with Crippen molar-refractivity contribution >= 4 is 0 Å². The maximum absolute atomic E-state index is 11.9. The zero-order valence-electron chi connectivity index (χ0n) is 11.2. The molecule has 0 saturated heterocycles. The van der Waals surface area contributed by atoms with E-state index in [0.29, 0.717) is 19.5 Å². The average Bonchev–Trinajstić information content (AvgIpc) is 2.75. The molecule has 0 bridgehead atoms. The van der Waals surface area contributed by atoms with Gasteiger partial charge >= 0.3 is 0 Å². The number of hydrogen-bond donors (Lipinski definition) is 2. The van der Waals surface area contributed by atoms with Gasteiger partial charge in [0.15, 0.2) is 0 Å². The molecule has 0 spiro atoms. The molecule has 1 aliphatic rings. The Morgan fingerprint density at radius 1 is 1.16 bits per heavy atom. The van der Waals surface area contributed by atoms with E-state index in [1.165, 1.54) is 16.7 Å². The fourth-order valence-electron chi connectivity index (χ4n) is 2.68. The Bertz CT molecular complexity index is 668. The molecule has 98 valence electrons. The molecule has 0 saturated carbocycles. The van der Waals surface area contributed by atoms with Crippen LogP contribution in [-0.4, -0.2) is 9.97 Å². The summed E-state index contributed by atoms with van der Waals surface area (Å²) < 4.78 is 0. The van der Waals surface area contributed by atoms with Gasteiger partial charge in [0.2, 0.25) is 0 Å². The molecule has 4 nitrogen and oxygen atoms in total. The molecular weight excluding hydrogens is 238 g/mol. The molecule has 2 N–H and O–H groups in total. The molecule has 2 aromatic rings. The molecular formula is C15H17N3O. The lowest BCUT2D eigenvalue weighted by Gasteiger charge is -2.06. The molecule has 2 heterocycles. The van der Waals surface area contributed by atoms with Crippen molar-refractivity contribution in [2.45, 2.75) is 33.4 Å². The van der Waals surface area contributed by atoms with Gasteiger partial charge in [0.1, 0.15) is 5.82 Å². The molecule has 0 atom stereocenters. The van der Waals surface area contributed by atoms with Crippen molar-refractivity contribution in [3.05, 3.63) is 62.3 Å². The second-order valence-electron chi connectivity index (χ2n) is 5.21. The lowest BCUT2D eigenvalue weighted by atomic mass is 10.0. The van der Waals surface area contributed by atoms with E-state index in [-0.39, 0.29) is 5.56 Å². The van der Waals surface area contributed by atoms with Gasteiger partial charge in [-0.15, -0.1) is 0 Å². The molecule has 1 aromatic heterocycles. The maximum Gasteiger partial charge on any atom is 0.255 e. The van der Waals surface area contributed by atoms with E-state index in [0.717, 1.165) is 17.1 Å². The van der Waals surface area contributed by atoms with Crippen LogP contribution in [0.3, 0.4) is 0 Å². The molecule has 0 fully saturated rings. The number of rotatable bonds is 2. The minimum atomic E-state index is -0.00521. The minimum Gasteiger partial charge on any atom is -0.310 e. The highest BCUT2D eigenvalue weighted by Gasteiger charge is 2.16. The van der Waals surface area contributed by atoms with Gasteiger partial charge in [-0.2, -0.15) is 0 Å². The highest BCUT2D eigenvalue weighted by molar-refractivity contribution is 5.31. The number of aromatic nitrogens is 2. The quantitative estimate of drug-likeness (QED) is 0.856. The predicted molar refractivity (Wildman–Crippen MR) is 74.1 cm³/mol. The third-order valence-corrected chi connectivity index (χ3v) is 3.40. The average molecular weight is 255 g/mol. The van der Waals surface area contributed by atoms with Crippen molar-refractivity contribution in [1.29, 1.82) is 0 Å². The largest absolute Gasteiger partial charge is 0.310 e. The van der Waals surface area contributed by atoms with E-state index in [4.69, 9.17) is 0 Å². The molecule has 19 heavy (non-hydrogen) atoms. The first-order valence-electron chi connectivity index (χ1n) is 6.50. The van der Waals surface area contributed by atoms with E-state index in [9.17, 15) is 4.79 Å². The highest BCUT2D eigenvalue weighted by atomic mass is 16.1. The zero-order chi connectivity index (χ0) is 13.4. The fraction of sp³-hybridized carbons (Fsp3) is 0.333. The Kier molecular flexibility index (Phi) is 2.95. The lowest BCUT2D eigenvalue weighted by Crippen LogP contribution is -2.17. The SMILES string of the molecule is Cc1cc(C)cc(Cc2nc3c(c(=O)[nH]2)CNC3)c1. The van der Waals surface area contributed by atoms with Crippen molar-refractivity contribution in [3.63, 3.8) is 0 Å². The van der Waals surface area contributed by atoms with Crippen LogP contribution in [0.2, 0.25) is 0 Å². The zero-order valence-corrected chi connectivity index (χ0v) is 11.2. The molecule has 4 heteroatoms. The summed E-state index contributed by atoms with van der Waals surface area (Å²) in [7, 11) is 0. The Morgan fingerprint density at radius 2 is 1.89 bits per heavy atom. The number of hydrogen-bond acceptors (Lipinski definition) is 3. The Hall–Kier alpha value is -1.94. The third-order valence-electron chi connectivity index (χ3n) is 3.40. The van der Waals surface area contributed by atoms with E-state index in [1.54, 1.807) is 0 Å². The van der Waals surface area contributed by atoms with Crippen LogP contribution in [-0.2, 0) is 19.5 Å². The van der Waals surface area contributed by atoms with Crippen molar-refractivity contribution in [1.82, 2.24) is 15.3 Å². The first-order valence-corrected chi connectivity index (χ1v) is 6.50. The van der Waals surface area contributed by atoms with E-state index in [1.807, 2.05) is 0 Å². The van der Waals surface area contributed by atoms with Crippen LogP contribution in [0.4, 0.5) is 0 Å². The molecule has 0 unspecified atom stereocenters. The topological polar surface area (TPSA) is 57.8 Å². The standard InChI is InChI=1S/C15H17N3O/c1-9-3-10(2)5-11(4-9)6-14-17-13-8-16-7-12(13)15(19)18-14/h3-5,16H,6-8H2,1-2H3,(H,17,18,19). The minimum absolute atomic E-state index is 0.00521. The van der Waals surface area contributed by atoms with Crippen LogP contribution in [0, 0.1) is 13.8 Å². The smallest absolute Gasteiger partial charge is 0.255 e. The van der Waals surface area contributed by atoms with Gasteiger partial charge in [-0.3, -0.25) is 4.79 Å². The second kappa shape index (κ2) is 4.63. The lowest BCUT2D eigenvalue weighted by molar-refractivity contribution is 0.755. The maximum atomic E-state index is 11.9. The summed E-state index contributed by atoms with van der Waals surface area (Å²) in [5.74, 6) is 0.748. The van der Waals surface area contributed by atoms with Crippen LogP contribution in [0.15, 0.2) is 23.0 Å². The summed E-state index contributed by atoms with van der Waals surface area (Å²) in [6.45, 7) is 5.49. The Labute approximate surface area is 111 Å². The molecule has 0 amide bonds. The second-order valence-corrected chi connectivity index (χ2v) is 5.21. The fourth-order valence-corrected chi connectivity index (χ4v) is 2.68.